The number of nitrogens with zero attached hydrogens (tertiary/aromatic N) is 4. The second-order valence-electron chi connectivity index (χ2n) is 5.14. The van der Waals surface area contributed by atoms with Gasteiger partial charge in [-0.15, -0.1) is 0 Å². The van der Waals surface area contributed by atoms with Crippen LogP contribution in [-0.4, -0.2) is 59.4 Å². The fourth-order valence-corrected chi connectivity index (χ4v) is 2.19. The van der Waals surface area contributed by atoms with Crippen LogP contribution in [0.3, 0.4) is 0 Å². The lowest BCUT2D eigenvalue weighted by molar-refractivity contribution is -0.118. The minimum atomic E-state index is -0.136. The highest BCUT2D eigenvalue weighted by molar-refractivity contribution is 5.93. The third kappa shape index (κ3) is 2.87. The first-order chi connectivity index (χ1) is 9.76. The maximum absolute atomic E-state index is 12.0. The third-order valence-electron chi connectivity index (χ3n) is 3.59. The average molecular weight is 275 g/mol. The standard InChI is InChI=1S/C13H17N5O2/c19-9-17-3-5-18(6-4-17)12-7-11(14-8-15-12)13(20)16-10-1-2-10/h7-10H,1-6H2,(H,16,20). The van der Waals surface area contributed by atoms with Crippen LogP contribution in [-0.2, 0) is 4.79 Å². The molecule has 0 spiro atoms. The summed E-state index contributed by atoms with van der Waals surface area (Å²) in [5.74, 6) is 0.606. The predicted molar refractivity (Wildman–Crippen MR) is 72.4 cm³/mol. The van der Waals surface area contributed by atoms with Crippen molar-refractivity contribution in [2.24, 2.45) is 0 Å². The van der Waals surface area contributed by atoms with Gasteiger partial charge in [0.1, 0.15) is 17.8 Å². The molecule has 3 rings (SSSR count). The van der Waals surface area contributed by atoms with Crippen molar-refractivity contribution in [2.45, 2.75) is 18.9 Å². The fourth-order valence-electron chi connectivity index (χ4n) is 2.19. The van der Waals surface area contributed by atoms with Crippen LogP contribution in [0.2, 0.25) is 0 Å². The second-order valence-corrected chi connectivity index (χ2v) is 5.14. The molecule has 2 heterocycles. The Bertz CT molecular complexity index is 509. The molecular weight excluding hydrogens is 258 g/mol. The van der Waals surface area contributed by atoms with Gasteiger partial charge in [0.05, 0.1) is 0 Å². The van der Waals surface area contributed by atoms with Gasteiger partial charge in [-0.3, -0.25) is 9.59 Å². The summed E-state index contributed by atoms with van der Waals surface area (Å²) in [5.41, 5.74) is 0.403. The molecule has 1 aliphatic heterocycles. The van der Waals surface area contributed by atoms with Crippen molar-refractivity contribution in [1.29, 1.82) is 0 Å². The molecule has 20 heavy (non-hydrogen) atoms. The number of hydrogen-bond donors (Lipinski definition) is 1. The third-order valence-corrected chi connectivity index (χ3v) is 3.59. The number of piperazine rings is 1. The highest BCUT2D eigenvalue weighted by atomic mass is 16.2. The van der Waals surface area contributed by atoms with Gasteiger partial charge >= 0.3 is 0 Å². The number of amides is 2. The number of rotatable bonds is 4. The van der Waals surface area contributed by atoms with Gasteiger partial charge in [0.25, 0.3) is 5.91 Å². The molecule has 1 saturated carbocycles. The van der Waals surface area contributed by atoms with Crippen molar-refractivity contribution in [3.8, 4) is 0 Å². The Kier molecular flexibility index (Phi) is 3.49. The summed E-state index contributed by atoms with van der Waals surface area (Å²) in [4.78, 5) is 34.7. The quantitative estimate of drug-likeness (QED) is 0.760. The van der Waals surface area contributed by atoms with E-state index in [1.165, 1.54) is 6.33 Å². The Hall–Kier alpha value is -2.18. The van der Waals surface area contributed by atoms with E-state index in [2.05, 4.69) is 20.2 Å². The van der Waals surface area contributed by atoms with Gasteiger partial charge in [0, 0.05) is 38.3 Å². The molecule has 1 aliphatic carbocycles. The van der Waals surface area contributed by atoms with Crippen LogP contribution in [0.4, 0.5) is 5.82 Å². The Morgan fingerprint density at radius 1 is 1.25 bits per heavy atom. The van der Waals surface area contributed by atoms with Gasteiger partial charge < -0.3 is 15.1 Å². The smallest absolute Gasteiger partial charge is 0.270 e. The Labute approximate surface area is 117 Å². The predicted octanol–water partition coefficient (Wildman–Crippen LogP) is -0.353. The molecule has 2 aliphatic rings. The van der Waals surface area contributed by atoms with Crippen LogP contribution in [0.25, 0.3) is 0 Å². The second kappa shape index (κ2) is 5.44. The lowest BCUT2D eigenvalue weighted by atomic mass is 10.3. The summed E-state index contributed by atoms with van der Waals surface area (Å²) < 4.78 is 0. The van der Waals surface area contributed by atoms with Crippen LogP contribution < -0.4 is 10.2 Å². The minimum absolute atomic E-state index is 0.136. The van der Waals surface area contributed by atoms with Crippen LogP contribution in [0.1, 0.15) is 23.3 Å². The molecule has 1 saturated heterocycles. The zero-order valence-electron chi connectivity index (χ0n) is 11.2. The highest BCUT2D eigenvalue weighted by Gasteiger charge is 2.25. The van der Waals surface area contributed by atoms with Crippen LogP contribution in [0, 0.1) is 0 Å². The van der Waals surface area contributed by atoms with Gasteiger partial charge in [-0.25, -0.2) is 9.97 Å². The summed E-state index contributed by atoms with van der Waals surface area (Å²) in [5, 5.41) is 2.91. The first-order valence-corrected chi connectivity index (χ1v) is 6.83. The van der Waals surface area contributed by atoms with E-state index in [9.17, 15) is 9.59 Å². The number of carbonyl (C=O) groups excluding carboxylic acids is 2. The Morgan fingerprint density at radius 3 is 2.65 bits per heavy atom. The van der Waals surface area contributed by atoms with Gasteiger partial charge in [-0.2, -0.15) is 0 Å². The fraction of sp³-hybridized carbons (Fsp3) is 0.538. The lowest BCUT2D eigenvalue weighted by Crippen LogP contribution is -2.46. The molecule has 0 aromatic carbocycles. The monoisotopic (exact) mass is 275 g/mol. The van der Waals surface area contributed by atoms with E-state index in [0.717, 1.165) is 38.2 Å². The van der Waals surface area contributed by atoms with Crippen LogP contribution in [0.15, 0.2) is 12.4 Å². The van der Waals surface area contributed by atoms with E-state index in [-0.39, 0.29) is 5.91 Å². The van der Waals surface area contributed by atoms with Crippen molar-refractivity contribution in [3.63, 3.8) is 0 Å². The Balaban J connectivity index is 1.67. The van der Waals surface area contributed by atoms with Crippen LogP contribution >= 0.6 is 0 Å². The molecular formula is C13H17N5O2. The molecule has 1 aromatic rings. The molecule has 0 unspecified atom stereocenters. The first-order valence-electron chi connectivity index (χ1n) is 6.83. The number of aromatic nitrogens is 2. The molecule has 1 aromatic heterocycles. The Morgan fingerprint density at radius 2 is 2.00 bits per heavy atom. The average Bonchev–Trinajstić information content (AvgIpc) is 3.31. The number of anilines is 1. The van der Waals surface area contributed by atoms with Gasteiger partial charge in [0.15, 0.2) is 0 Å². The molecule has 7 nitrogen and oxygen atoms in total. The largest absolute Gasteiger partial charge is 0.353 e. The molecule has 106 valence electrons. The molecule has 7 heteroatoms. The first kappa shape index (κ1) is 12.8. The van der Waals surface area contributed by atoms with Gasteiger partial charge in [-0.1, -0.05) is 0 Å². The minimum Gasteiger partial charge on any atom is -0.353 e. The maximum atomic E-state index is 12.0. The van der Waals surface area contributed by atoms with Crippen molar-refractivity contribution < 1.29 is 9.59 Å². The lowest BCUT2D eigenvalue weighted by Gasteiger charge is -2.33. The van der Waals surface area contributed by atoms with Crippen molar-refractivity contribution in [3.05, 3.63) is 18.1 Å². The summed E-state index contributed by atoms with van der Waals surface area (Å²) in [6.07, 6.45) is 4.39. The van der Waals surface area contributed by atoms with Crippen molar-refractivity contribution in [2.75, 3.05) is 31.1 Å². The van der Waals surface area contributed by atoms with E-state index < -0.39 is 0 Å². The van der Waals surface area contributed by atoms with Crippen molar-refractivity contribution in [1.82, 2.24) is 20.2 Å². The summed E-state index contributed by atoms with van der Waals surface area (Å²) >= 11 is 0. The SMILES string of the molecule is O=CN1CCN(c2cc(C(=O)NC3CC3)ncn2)CC1. The summed E-state index contributed by atoms with van der Waals surface area (Å²) in [6, 6.07) is 2.03. The number of nitrogens with one attached hydrogen (secondary N) is 1. The number of carbonyl (C=O) groups is 2. The molecule has 0 radical (unpaired) electrons. The highest BCUT2D eigenvalue weighted by Crippen LogP contribution is 2.19. The zero-order valence-corrected chi connectivity index (χ0v) is 11.2. The van der Waals surface area contributed by atoms with E-state index in [0.29, 0.717) is 24.8 Å². The molecule has 1 N–H and O–H groups in total. The molecule has 2 amide bonds. The maximum Gasteiger partial charge on any atom is 0.270 e. The van der Waals surface area contributed by atoms with Gasteiger partial charge in [-0.05, 0) is 12.8 Å². The van der Waals surface area contributed by atoms with Gasteiger partial charge in [0.2, 0.25) is 6.41 Å². The summed E-state index contributed by atoms with van der Waals surface area (Å²) in [7, 11) is 0. The van der Waals surface area contributed by atoms with E-state index in [4.69, 9.17) is 0 Å². The van der Waals surface area contributed by atoms with E-state index in [1.54, 1.807) is 11.0 Å². The topological polar surface area (TPSA) is 78.4 Å². The van der Waals surface area contributed by atoms with Crippen molar-refractivity contribution >= 4 is 18.1 Å². The molecule has 2 fully saturated rings. The number of hydrogen-bond acceptors (Lipinski definition) is 5. The normalized spacial score (nSPS) is 18.8. The summed E-state index contributed by atoms with van der Waals surface area (Å²) in [6.45, 7) is 2.80. The van der Waals surface area contributed by atoms with E-state index in [1.807, 2.05) is 0 Å². The molecule has 0 atom stereocenters. The van der Waals surface area contributed by atoms with Crippen LogP contribution in [0.5, 0.6) is 0 Å². The molecule has 0 bridgehead atoms. The zero-order chi connectivity index (χ0) is 13.9. The van der Waals surface area contributed by atoms with E-state index >= 15 is 0 Å².